The molecule has 2 rings (SSSR count). The van der Waals surface area contributed by atoms with Crippen LogP contribution in [0.2, 0.25) is 0 Å². The van der Waals surface area contributed by atoms with Gasteiger partial charge in [-0.2, -0.15) is 0 Å². The first-order valence-corrected chi connectivity index (χ1v) is 6.53. The summed E-state index contributed by atoms with van der Waals surface area (Å²) >= 11 is 1.43. The van der Waals surface area contributed by atoms with Crippen LogP contribution in [-0.4, -0.2) is 16.8 Å². The van der Waals surface area contributed by atoms with Crippen LogP contribution in [-0.2, 0) is 11.2 Å². The van der Waals surface area contributed by atoms with Gasteiger partial charge in [-0.3, -0.25) is 9.59 Å². The van der Waals surface area contributed by atoms with Crippen LogP contribution in [0.15, 0.2) is 29.6 Å². The number of amides is 2. The van der Waals surface area contributed by atoms with Gasteiger partial charge in [-0.15, -0.1) is 11.3 Å². The lowest BCUT2D eigenvalue weighted by atomic mass is 10.1. The fraction of sp³-hybridized carbons (Fsp3) is 0.154. The van der Waals surface area contributed by atoms with Crippen molar-refractivity contribution in [2.75, 3.05) is 5.32 Å². The van der Waals surface area contributed by atoms with Crippen molar-refractivity contribution < 1.29 is 9.59 Å². The molecule has 1 heterocycles. The van der Waals surface area contributed by atoms with Crippen molar-refractivity contribution in [3.05, 3.63) is 45.9 Å². The van der Waals surface area contributed by atoms with E-state index in [1.165, 1.54) is 11.3 Å². The van der Waals surface area contributed by atoms with Gasteiger partial charge in [-0.1, -0.05) is 12.1 Å². The van der Waals surface area contributed by atoms with Gasteiger partial charge in [0.15, 0.2) is 0 Å². The van der Waals surface area contributed by atoms with Gasteiger partial charge in [-0.05, 0) is 24.6 Å². The third-order valence-corrected chi connectivity index (χ3v) is 3.22. The summed E-state index contributed by atoms with van der Waals surface area (Å²) in [5, 5.41) is 5.30. The number of aromatic nitrogens is 1. The van der Waals surface area contributed by atoms with E-state index in [9.17, 15) is 9.59 Å². The predicted molar refractivity (Wildman–Crippen MR) is 74.1 cm³/mol. The smallest absolute Gasteiger partial charge is 0.275 e. The van der Waals surface area contributed by atoms with Gasteiger partial charge in [0.05, 0.1) is 11.4 Å². The minimum absolute atomic E-state index is 0.194. The van der Waals surface area contributed by atoms with Gasteiger partial charge >= 0.3 is 0 Å². The molecular formula is C13H13N3O2S. The van der Waals surface area contributed by atoms with Crippen molar-refractivity contribution >= 4 is 28.8 Å². The Balaban J connectivity index is 2.03. The van der Waals surface area contributed by atoms with E-state index in [4.69, 9.17) is 5.73 Å². The lowest BCUT2D eigenvalue weighted by Crippen LogP contribution is -2.14. The molecule has 1 aromatic heterocycles. The first kappa shape index (κ1) is 13.2. The Morgan fingerprint density at radius 1 is 1.32 bits per heavy atom. The molecule has 0 atom stereocenters. The molecule has 3 N–H and O–H groups in total. The highest BCUT2D eigenvalue weighted by Gasteiger charge is 2.09. The molecule has 0 saturated carbocycles. The number of benzene rings is 1. The maximum atomic E-state index is 11.8. The highest BCUT2D eigenvalue weighted by atomic mass is 32.1. The largest absolute Gasteiger partial charge is 0.369 e. The predicted octanol–water partition coefficient (Wildman–Crippen LogP) is 1.73. The number of rotatable bonds is 4. The van der Waals surface area contributed by atoms with E-state index in [1.54, 1.807) is 29.6 Å². The molecule has 2 amide bonds. The third kappa shape index (κ3) is 3.62. The Bertz CT molecular complexity index is 605. The molecule has 0 aliphatic heterocycles. The van der Waals surface area contributed by atoms with Crippen LogP contribution >= 0.6 is 11.3 Å². The molecule has 0 unspecified atom stereocenters. The number of carbonyl (C=O) groups is 2. The number of nitrogens with two attached hydrogens (primary N) is 1. The van der Waals surface area contributed by atoms with Crippen molar-refractivity contribution in [2.45, 2.75) is 13.3 Å². The van der Waals surface area contributed by atoms with Gasteiger partial charge < -0.3 is 11.1 Å². The Morgan fingerprint density at radius 2 is 2.00 bits per heavy atom. The van der Waals surface area contributed by atoms with E-state index in [0.717, 1.165) is 10.6 Å². The number of hydrogen-bond donors (Lipinski definition) is 2. The van der Waals surface area contributed by atoms with Gasteiger partial charge in [-0.25, -0.2) is 4.98 Å². The van der Waals surface area contributed by atoms with Gasteiger partial charge in [0.2, 0.25) is 5.91 Å². The van der Waals surface area contributed by atoms with Crippen LogP contribution in [0.25, 0.3) is 0 Å². The van der Waals surface area contributed by atoms with Crippen molar-refractivity contribution in [1.82, 2.24) is 4.98 Å². The van der Waals surface area contributed by atoms with Gasteiger partial charge in [0, 0.05) is 11.1 Å². The first-order valence-electron chi connectivity index (χ1n) is 5.65. The van der Waals surface area contributed by atoms with Crippen molar-refractivity contribution in [3.8, 4) is 0 Å². The molecule has 0 spiro atoms. The molecule has 5 nitrogen and oxygen atoms in total. The summed E-state index contributed by atoms with van der Waals surface area (Å²) in [6.07, 6.45) is 0.194. The van der Waals surface area contributed by atoms with E-state index in [1.807, 2.05) is 6.92 Å². The van der Waals surface area contributed by atoms with Crippen molar-refractivity contribution in [3.63, 3.8) is 0 Å². The fourth-order valence-corrected chi connectivity index (χ4v) is 2.16. The molecule has 0 fully saturated rings. The molecule has 0 aliphatic carbocycles. The number of thiazole rings is 1. The van der Waals surface area contributed by atoms with Crippen LogP contribution in [0.3, 0.4) is 0 Å². The Hall–Kier alpha value is -2.21. The standard InChI is InChI=1S/C13H13N3O2S/c1-8-15-11(7-19-8)13(18)16-10-4-2-9(3-5-10)6-12(14)17/h2-5,7H,6H2,1H3,(H2,14,17)(H,16,18). The normalized spacial score (nSPS) is 10.2. The average molecular weight is 275 g/mol. The summed E-state index contributed by atoms with van der Waals surface area (Å²) in [6.45, 7) is 1.85. The molecule has 0 bridgehead atoms. The molecule has 19 heavy (non-hydrogen) atoms. The number of aryl methyl sites for hydroxylation is 1. The minimum atomic E-state index is -0.380. The van der Waals surface area contributed by atoms with Crippen LogP contribution in [0.1, 0.15) is 21.1 Å². The maximum Gasteiger partial charge on any atom is 0.275 e. The summed E-state index contributed by atoms with van der Waals surface area (Å²) in [5.74, 6) is -0.623. The first-order chi connectivity index (χ1) is 9.04. The zero-order valence-electron chi connectivity index (χ0n) is 10.3. The zero-order chi connectivity index (χ0) is 13.8. The van der Waals surface area contributed by atoms with E-state index >= 15 is 0 Å². The second-order valence-corrected chi connectivity index (χ2v) is 5.11. The average Bonchev–Trinajstić information content (AvgIpc) is 2.78. The summed E-state index contributed by atoms with van der Waals surface area (Å²) in [4.78, 5) is 26.7. The van der Waals surface area contributed by atoms with Gasteiger partial charge in [0.25, 0.3) is 5.91 Å². The molecule has 98 valence electrons. The molecule has 1 aromatic carbocycles. The number of nitrogens with one attached hydrogen (secondary N) is 1. The molecule has 0 saturated heterocycles. The maximum absolute atomic E-state index is 11.8. The summed E-state index contributed by atoms with van der Waals surface area (Å²) in [5.41, 5.74) is 6.98. The third-order valence-electron chi connectivity index (χ3n) is 2.44. The lowest BCUT2D eigenvalue weighted by molar-refractivity contribution is -0.117. The lowest BCUT2D eigenvalue weighted by Gasteiger charge is -2.04. The topological polar surface area (TPSA) is 85.1 Å². The number of hydrogen-bond acceptors (Lipinski definition) is 4. The highest BCUT2D eigenvalue weighted by molar-refractivity contribution is 7.09. The van der Waals surface area contributed by atoms with Crippen LogP contribution in [0.4, 0.5) is 5.69 Å². The van der Waals surface area contributed by atoms with Crippen molar-refractivity contribution in [2.24, 2.45) is 5.73 Å². The zero-order valence-corrected chi connectivity index (χ0v) is 11.2. The molecule has 0 radical (unpaired) electrons. The second-order valence-electron chi connectivity index (χ2n) is 4.05. The molecule has 0 aliphatic rings. The quantitative estimate of drug-likeness (QED) is 0.891. The molecular weight excluding hydrogens is 262 g/mol. The SMILES string of the molecule is Cc1nc(C(=O)Nc2ccc(CC(N)=O)cc2)cs1. The van der Waals surface area contributed by atoms with E-state index in [2.05, 4.69) is 10.3 Å². The van der Waals surface area contributed by atoms with Crippen molar-refractivity contribution in [1.29, 1.82) is 0 Å². The van der Waals surface area contributed by atoms with E-state index in [-0.39, 0.29) is 18.2 Å². The van der Waals surface area contributed by atoms with E-state index < -0.39 is 0 Å². The Labute approximate surface area is 114 Å². The summed E-state index contributed by atoms with van der Waals surface area (Å²) in [7, 11) is 0. The van der Waals surface area contributed by atoms with Crippen LogP contribution in [0, 0.1) is 6.92 Å². The number of nitrogens with zero attached hydrogens (tertiary/aromatic N) is 1. The summed E-state index contributed by atoms with van der Waals surface area (Å²) < 4.78 is 0. The minimum Gasteiger partial charge on any atom is -0.369 e. The highest BCUT2D eigenvalue weighted by Crippen LogP contribution is 2.13. The number of anilines is 1. The molecule has 2 aromatic rings. The van der Waals surface area contributed by atoms with Crippen LogP contribution < -0.4 is 11.1 Å². The summed E-state index contributed by atoms with van der Waals surface area (Å²) in [6, 6.07) is 6.98. The van der Waals surface area contributed by atoms with E-state index in [0.29, 0.717) is 11.4 Å². The molecule has 6 heteroatoms. The monoisotopic (exact) mass is 275 g/mol. The van der Waals surface area contributed by atoms with Crippen LogP contribution in [0.5, 0.6) is 0 Å². The fourth-order valence-electron chi connectivity index (χ4n) is 1.57. The Kier molecular flexibility index (Phi) is 3.91. The second kappa shape index (κ2) is 5.62. The number of carbonyl (C=O) groups excluding carboxylic acids is 2. The Morgan fingerprint density at radius 3 is 2.53 bits per heavy atom. The van der Waals surface area contributed by atoms with Gasteiger partial charge in [0.1, 0.15) is 5.69 Å². The number of primary amides is 1.